The maximum Gasteiger partial charge on any atom is 0.265 e. The molecule has 8 heteroatoms. The summed E-state index contributed by atoms with van der Waals surface area (Å²) in [6.07, 6.45) is 4.51. The van der Waals surface area contributed by atoms with E-state index in [4.69, 9.17) is 4.74 Å². The zero-order valence-electron chi connectivity index (χ0n) is 14.7. The van der Waals surface area contributed by atoms with Gasteiger partial charge in [-0.1, -0.05) is 23.4 Å². The summed E-state index contributed by atoms with van der Waals surface area (Å²) >= 11 is 1.45. The van der Waals surface area contributed by atoms with Crippen LogP contribution in [-0.4, -0.2) is 43.9 Å². The third-order valence-corrected chi connectivity index (χ3v) is 6.11. The number of fused-ring (bicyclic) bond motifs is 1. The normalized spacial score (nSPS) is 19.3. The Kier molecular flexibility index (Phi) is 4.21. The number of nitrogens with zero attached hydrogens (tertiary/aromatic N) is 5. The van der Waals surface area contributed by atoms with Gasteiger partial charge in [0, 0.05) is 19.6 Å². The van der Waals surface area contributed by atoms with Gasteiger partial charge in [0.2, 0.25) is 0 Å². The Morgan fingerprint density at radius 2 is 2.15 bits per heavy atom. The first-order valence-corrected chi connectivity index (χ1v) is 9.97. The third kappa shape index (κ3) is 3.04. The van der Waals surface area contributed by atoms with E-state index < -0.39 is 0 Å². The molecule has 0 N–H and O–H groups in total. The Morgan fingerprint density at radius 3 is 2.96 bits per heavy atom. The maximum absolute atomic E-state index is 12.9. The van der Waals surface area contributed by atoms with E-state index in [2.05, 4.69) is 15.3 Å². The third-order valence-electron chi connectivity index (χ3n) is 5.03. The Labute approximate surface area is 160 Å². The van der Waals surface area contributed by atoms with E-state index in [1.54, 1.807) is 6.20 Å². The minimum absolute atomic E-state index is 0.0108. The average molecular weight is 381 g/mol. The molecule has 5 rings (SSSR count). The topological polar surface area (TPSA) is 73.1 Å². The lowest BCUT2D eigenvalue weighted by Gasteiger charge is -2.25. The lowest BCUT2D eigenvalue weighted by atomic mass is 10.1. The van der Waals surface area contributed by atoms with Gasteiger partial charge in [0.1, 0.15) is 21.7 Å². The van der Waals surface area contributed by atoms with Crippen molar-refractivity contribution in [2.24, 2.45) is 0 Å². The number of thiazole rings is 1. The number of amides is 1. The van der Waals surface area contributed by atoms with Gasteiger partial charge in [-0.25, -0.2) is 9.67 Å². The molecule has 2 aliphatic heterocycles. The van der Waals surface area contributed by atoms with Crippen molar-refractivity contribution in [3.05, 3.63) is 57.8 Å². The molecule has 0 bridgehead atoms. The Hall–Kier alpha value is -2.58. The molecule has 1 amide bonds. The van der Waals surface area contributed by atoms with E-state index >= 15 is 0 Å². The molecule has 1 atom stereocenters. The van der Waals surface area contributed by atoms with Crippen LogP contribution in [0.1, 0.15) is 45.0 Å². The number of hydrogen-bond acceptors (Lipinski definition) is 6. The fourth-order valence-electron chi connectivity index (χ4n) is 3.62. The van der Waals surface area contributed by atoms with E-state index in [9.17, 15) is 4.79 Å². The van der Waals surface area contributed by atoms with Crippen molar-refractivity contribution in [2.45, 2.75) is 31.9 Å². The van der Waals surface area contributed by atoms with Crippen LogP contribution in [0.3, 0.4) is 0 Å². The van der Waals surface area contributed by atoms with Crippen molar-refractivity contribution in [1.29, 1.82) is 0 Å². The van der Waals surface area contributed by atoms with Crippen LogP contribution in [0, 0.1) is 0 Å². The molecule has 2 aliphatic rings. The van der Waals surface area contributed by atoms with Gasteiger partial charge in [0.05, 0.1) is 24.1 Å². The van der Waals surface area contributed by atoms with E-state index in [0.29, 0.717) is 18.0 Å². The van der Waals surface area contributed by atoms with Gasteiger partial charge >= 0.3 is 0 Å². The van der Waals surface area contributed by atoms with Crippen LogP contribution in [0.5, 0.6) is 0 Å². The highest BCUT2D eigenvalue weighted by Crippen LogP contribution is 2.32. The molecule has 0 spiro atoms. The molecule has 2 aromatic heterocycles. The Morgan fingerprint density at radius 1 is 1.26 bits per heavy atom. The van der Waals surface area contributed by atoms with Crippen molar-refractivity contribution < 1.29 is 9.53 Å². The fourth-order valence-corrected chi connectivity index (χ4v) is 4.59. The lowest BCUT2D eigenvalue weighted by molar-refractivity contribution is 0.0736. The number of carbonyl (C=O) groups excluding carboxylic acids is 1. The Bertz CT molecular complexity index is 962. The quantitative estimate of drug-likeness (QED) is 0.698. The molecule has 3 aromatic rings. The molecule has 1 fully saturated rings. The zero-order valence-corrected chi connectivity index (χ0v) is 15.6. The van der Waals surface area contributed by atoms with Crippen LogP contribution in [0.25, 0.3) is 5.69 Å². The highest BCUT2D eigenvalue weighted by Gasteiger charge is 2.29. The summed E-state index contributed by atoms with van der Waals surface area (Å²) in [6, 6.07) is 9.97. The van der Waals surface area contributed by atoms with Gasteiger partial charge in [-0.15, -0.1) is 16.4 Å². The summed E-state index contributed by atoms with van der Waals surface area (Å²) in [7, 11) is 0. The smallest absolute Gasteiger partial charge is 0.265 e. The van der Waals surface area contributed by atoms with Gasteiger partial charge < -0.3 is 9.64 Å². The van der Waals surface area contributed by atoms with Gasteiger partial charge in [-0.2, -0.15) is 0 Å². The largest absolute Gasteiger partial charge is 0.371 e. The molecule has 1 saturated heterocycles. The molecular weight excluding hydrogens is 362 g/mol. The first-order valence-electron chi connectivity index (χ1n) is 9.15. The van der Waals surface area contributed by atoms with Gasteiger partial charge in [0.25, 0.3) is 5.91 Å². The van der Waals surface area contributed by atoms with Crippen molar-refractivity contribution >= 4 is 17.2 Å². The second-order valence-corrected chi connectivity index (χ2v) is 7.83. The molecule has 138 valence electrons. The van der Waals surface area contributed by atoms with E-state index in [0.717, 1.165) is 48.0 Å². The molecule has 0 aliphatic carbocycles. The van der Waals surface area contributed by atoms with Crippen LogP contribution in [0.2, 0.25) is 0 Å². The van der Waals surface area contributed by atoms with Crippen LogP contribution >= 0.6 is 11.3 Å². The molecule has 7 nitrogen and oxygen atoms in total. The van der Waals surface area contributed by atoms with Crippen LogP contribution in [0.15, 0.2) is 36.5 Å². The highest BCUT2D eigenvalue weighted by atomic mass is 32.1. The van der Waals surface area contributed by atoms with E-state index in [1.165, 1.54) is 11.3 Å². The predicted octanol–water partition coefficient (Wildman–Crippen LogP) is 2.77. The first kappa shape index (κ1) is 16.6. The minimum Gasteiger partial charge on any atom is -0.371 e. The van der Waals surface area contributed by atoms with Crippen LogP contribution < -0.4 is 0 Å². The summed E-state index contributed by atoms with van der Waals surface area (Å²) in [5.74, 6) is 0.0108. The van der Waals surface area contributed by atoms with Gasteiger partial charge in [-0.05, 0) is 25.0 Å². The number of aromatic nitrogens is 4. The minimum atomic E-state index is 0.0108. The summed E-state index contributed by atoms with van der Waals surface area (Å²) < 4.78 is 7.55. The van der Waals surface area contributed by atoms with Crippen molar-refractivity contribution in [2.75, 3.05) is 13.2 Å². The first-order chi connectivity index (χ1) is 13.3. The number of hydrogen-bond donors (Lipinski definition) is 0. The van der Waals surface area contributed by atoms with Gasteiger partial charge in [-0.3, -0.25) is 4.79 Å². The molecule has 1 aromatic carbocycles. The van der Waals surface area contributed by atoms with Crippen molar-refractivity contribution in [3.63, 3.8) is 0 Å². The second kappa shape index (κ2) is 6.86. The standard InChI is InChI=1S/C19H19N5O2S/c25-19(17-11-20-18(27-17)16-7-4-10-26-16)23-9-8-15-14(12-23)21-22-24(15)13-5-2-1-3-6-13/h1-3,5-6,11,16H,4,7-10,12H2. The summed E-state index contributed by atoms with van der Waals surface area (Å²) in [5.41, 5.74) is 2.94. The predicted molar refractivity (Wildman–Crippen MR) is 99.8 cm³/mol. The number of carbonyl (C=O) groups is 1. The van der Waals surface area contributed by atoms with E-state index in [-0.39, 0.29) is 12.0 Å². The molecule has 0 radical (unpaired) electrons. The number of ether oxygens (including phenoxy) is 1. The van der Waals surface area contributed by atoms with Crippen molar-refractivity contribution in [3.8, 4) is 5.69 Å². The van der Waals surface area contributed by atoms with Crippen molar-refractivity contribution in [1.82, 2.24) is 24.9 Å². The zero-order chi connectivity index (χ0) is 18.2. The van der Waals surface area contributed by atoms with Crippen LogP contribution in [0.4, 0.5) is 0 Å². The Balaban J connectivity index is 1.34. The van der Waals surface area contributed by atoms with Crippen LogP contribution in [-0.2, 0) is 17.7 Å². The molecule has 0 saturated carbocycles. The molecule has 27 heavy (non-hydrogen) atoms. The SMILES string of the molecule is O=C(c1cnc(C2CCCO2)s1)N1CCc2c(nnn2-c2ccccc2)C1. The number of benzene rings is 1. The van der Waals surface area contributed by atoms with Gasteiger partial charge in [0.15, 0.2) is 0 Å². The maximum atomic E-state index is 12.9. The molecular formula is C19H19N5O2S. The summed E-state index contributed by atoms with van der Waals surface area (Å²) in [4.78, 5) is 19.8. The average Bonchev–Trinajstić information content (AvgIpc) is 3.47. The molecule has 1 unspecified atom stereocenters. The van der Waals surface area contributed by atoms with E-state index in [1.807, 2.05) is 39.9 Å². The lowest BCUT2D eigenvalue weighted by Crippen LogP contribution is -2.36. The molecule has 4 heterocycles. The fraction of sp³-hybridized carbons (Fsp3) is 0.368. The monoisotopic (exact) mass is 381 g/mol. The second-order valence-electron chi connectivity index (χ2n) is 6.77. The summed E-state index contributed by atoms with van der Waals surface area (Å²) in [5, 5.41) is 9.51. The highest BCUT2D eigenvalue weighted by molar-refractivity contribution is 7.13. The number of rotatable bonds is 3. The number of para-hydroxylation sites is 1. The summed E-state index contributed by atoms with van der Waals surface area (Å²) in [6.45, 7) is 1.91.